The quantitative estimate of drug-likeness (QED) is 0.904. The lowest BCUT2D eigenvalue weighted by molar-refractivity contribution is 0.236. The van der Waals surface area contributed by atoms with Crippen LogP contribution in [0.3, 0.4) is 0 Å². The Morgan fingerprint density at radius 2 is 2.17 bits per heavy atom. The zero-order chi connectivity index (χ0) is 16.1. The van der Waals surface area contributed by atoms with Crippen LogP contribution in [0, 0.1) is 5.82 Å². The minimum atomic E-state index is -0.277. The number of carbonyl (C=O) groups excluding carboxylic acids is 1. The number of hydrogen-bond donors (Lipinski definition) is 2. The van der Waals surface area contributed by atoms with Crippen molar-refractivity contribution >= 4 is 17.8 Å². The van der Waals surface area contributed by atoms with Gasteiger partial charge in [-0.1, -0.05) is 0 Å². The summed E-state index contributed by atoms with van der Waals surface area (Å²) in [4.78, 5) is 11.9. The number of nitrogens with zero attached hydrogens (tertiary/aromatic N) is 2. The molecule has 2 heterocycles. The number of aromatic nitrogens is 2. The molecule has 1 fully saturated rings. The van der Waals surface area contributed by atoms with Gasteiger partial charge in [0.2, 0.25) is 0 Å². The van der Waals surface area contributed by atoms with Crippen LogP contribution < -0.4 is 10.6 Å². The van der Waals surface area contributed by atoms with Crippen molar-refractivity contribution in [3.8, 4) is 5.69 Å². The summed E-state index contributed by atoms with van der Waals surface area (Å²) in [6.07, 6.45) is 3.98. The van der Waals surface area contributed by atoms with Crippen molar-refractivity contribution in [2.45, 2.75) is 25.4 Å². The zero-order valence-corrected chi connectivity index (χ0v) is 13.5. The largest absolute Gasteiger partial charge is 0.335 e. The molecule has 0 bridgehead atoms. The highest BCUT2D eigenvalue weighted by Gasteiger charge is 2.15. The number of halogens is 1. The van der Waals surface area contributed by atoms with E-state index in [-0.39, 0.29) is 17.9 Å². The Kier molecular flexibility index (Phi) is 5.17. The zero-order valence-electron chi connectivity index (χ0n) is 12.7. The van der Waals surface area contributed by atoms with Crippen molar-refractivity contribution in [3.05, 3.63) is 48.0 Å². The van der Waals surface area contributed by atoms with Gasteiger partial charge in [-0.15, -0.1) is 0 Å². The van der Waals surface area contributed by atoms with Gasteiger partial charge in [0, 0.05) is 18.0 Å². The first-order valence-electron chi connectivity index (χ1n) is 7.63. The molecule has 0 aliphatic carbocycles. The number of benzene rings is 1. The van der Waals surface area contributed by atoms with E-state index in [4.69, 9.17) is 0 Å². The minimum absolute atomic E-state index is 0.158. The predicted octanol–water partition coefficient (Wildman–Crippen LogP) is 2.71. The lowest BCUT2D eigenvalue weighted by Gasteiger charge is -2.22. The first kappa shape index (κ1) is 15.9. The standard InChI is InChI=1S/C16H19FN4OS/c17-12-3-5-15(6-4-12)21-8-7-13(20-21)10-18-16(22)19-14-2-1-9-23-11-14/h3-8,14H,1-2,9-11H2,(H2,18,19,22). The van der Waals surface area contributed by atoms with Crippen LogP contribution in [0.25, 0.3) is 5.69 Å². The maximum atomic E-state index is 12.9. The molecule has 0 spiro atoms. The van der Waals surface area contributed by atoms with Crippen LogP contribution in [0.4, 0.5) is 9.18 Å². The number of thioether (sulfide) groups is 1. The topological polar surface area (TPSA) is 59.0 Å². The van der Waals surface area contributed by atoms with Crippen LogP contribution >= 0.6 is 11.8 Å². The summed E-state index contributed by atoms with van der Waals surface area (Å²) in [5, 5.41) is 10.2. The molecule has 1 aromatic carbocycles. The van der Waals surface area contributed by atoms with Gasteiger partial charge in [-0.2, -0.15) is 16.9 Å². The molecule has 0 saturated carbocycles. The van der Waals surface area contributed by atoms with Crippen molar-refractivity contribution in [1.29, 1.82) is 0 Å². The summed E-state index contributed by atoms with van der Waals surface area (Å²) in [5.41, 5.74) is 1.53. The number of rotatable bonds is 4. The summed E-state index contributed by atoms with van der Waals surface area (Å²) < 4.78 is 14.6. The third-order valence-corrected chi connectivity index (χ3v) is 4.88. The minimum Gasteiger partial charge on any atom is -0.335 e. The molecule has 23 heavy (non-hydrogen) atoms. The predicted molar refractivity (Wildman–Crippen MR) is 89.2 cm³/mol. The maximum Gasteiger partial charge on any atom is 0.315 e. The van der Waals surface area contributed by atoms with Crippen LogP contribution in [0.15, 0.2) is 36.5 Å². The van der Waals surface area contributed by atoms with Crippen molar-refractivity contribution in [2.24, 2.45) is 0 Å². The van der Waals surface area contributed by atoms with Gasteiger partial charge >= 0.3 is 6.03 Å². The molecule has 1 unspecified atom stereocenters. The van der Waals surface area contributed by atoms with E-state index in [2.05, 4.69) is 15.7 Å². The molecule has 2 N–H and O–H groups in total. The van der Waals surface area contributed by atoms with Crippen molar-refractivity contribution in [3.63, 3.8) is 0 Å². The van der Waals surface area contributed by atoms with Crippen molar-refractivity contribution < 1.29 is 9.18 Å². The average Bonchev–Trinajstić information content (AvgIpc) is 3.04. The van der Waals surface area contributed by atoms with E-state index in [0.717, 1.165) is 30.0 Å². The number of nitrogens with one attached hydrogen (secondary N) is 2. The molecule has 1 aromatic heterocycles. The molecule has 3 rings (SSSR count). The van der Waals surface area contributed by atoms with Gasteiger partial charge < -0.3 is 10.6 Å². The van der Waals surface area contributed by atoms with E-state index in [1.807, 2.05) is 17.8 Å². The van der Waals surface area contributed by atoms with E-state index in [9.17, 15) is 9.18 Å². The summed E-state index contributed by atoms with van der Waals surface area (Å²) >= 11 is 1.88. The van der Waals surface area contributed by atoms with Crippen molar-refractivity contribution in [2.75, 3.05) is 11.5 Å². The first-order valence-corrected chi connectivity index (χ1v) is 8.79. The highest BCUT2D eigenvalue weighted by Crippen LogP contribution is 2.16. The number of hydrogen-bond acceptors (Lipinski definition) is 3. The van der Waals surface area contributed by atoms with Gasteiger partial charge in [0.25, 0.3) is 0 Å². The Morgan fingerprint density at radius 1 is 1.35 bits per heavy atom. The highest BCUT2D eigenvalue weighted by atomic mass is 32.2. The van der Waals surface area contributed by atoms with Gasteiger partial charge in [-0.3, -0.25) is 0 Å². The molecule has 2 aromatic rings. The SMILES string of the molecule is O=C(NCc1ccn(-c2ccc(F)cc2)n1)NC1CCCSC1. The Hall–Kier alpha value is -2.02. The summed E-state index contributed by atoms with van der Waals surface area (Å²) in [6.45, 7) is 0.361. The molecule has 2 amide bonds. The van der Waals surface area contributed by atoms with Crippen LogP contribution in [0.2, 0.25) is 0 Å². The smallest absolute Gasteiger partial charge is 0.315 e. The molecular weight excluding hydrogens is 315 g/mol. The van der Waals surface area contributed by atoms with E-state index in [1.165, 1.54) is 17.9 Å². The molecule has 1 aliphatic heterocycles. The number of urea groups is 1. The summed E-state index contributed by atoms with van der Waals surface area (Å²) in [5.74, 6) is 1.88. The Labute approximate surface area is 138 Å². The fourth-order valence-electron chi connectivity index (χ4n) is 2.46. The van der Waals surface area contributed by atoms with Crippen LogP contribution in [0.1, 0.15) is 18.5 Å². The fraction of sp³-hybridized carbons (Fsp3) is 0.375. The number of amides is 2. The van der Waals surface area contributed by atoms with E-state index in [0.29, 0.717) is 6.54 Å². The lowest BCUT2D eigenvalue weighted by Crippen LogP contribution is -2.44. The van der Waals surface area contributed by atoms with Crippen LogP contribution in [-0.4, -0.2) is 33.4 Å². The van der Waals surface area contributed by atoms with E-state index < -0.39 is 0 Å². The highest BCUT2D eigenvalue weighted by molar-refractivity contribution is 7.99. The first-order chi connectivity index (χ1) is 11.2. The molecular formula is C16H19FN4OS. The average molecular weight is 334 g/mol. The molecule has 122 valence electrons. The molecule has 1 saturated heterocycles. The van der Waals surface area contributed by atoms with E-state index >= 15 is 0 Å². The summed E-state index contributed by atoms with van der Waals surface area (Å²) in [6, 6.07) is 8.04. The maximum absolute atomic E-state index is 12.9. The molecule has 1 atom stereocenters. The van der Waals surface area contributed by atoms with Gasteiger partial charge in [0.1, 0.15) is 5.82 Å². The summed E-state index contributed by atoms with van der Waals surface area (Å²) in [7, 11) is 0. The molecule has 5 nitrogen and oxygen atoms in total. The molecule has 7 heteroatoms. The second kappa shape index (κ2) is 7.50. The second-order valence-corrected chi connectivity index (χ2v) is 6.62. The Morgan fingerprint density at radius 3 is 2.91 bits per heavy atom. The van der Waals surface area contributed by atoms with Gasteiger partial charge in [0.15, 0.2) is 0 Å². The monoisotopic (exact) mass is 334 g/mol. The normalized spacial score (nSPS) is 17.7. The molecule has 1 aliphatic rings. The lowest BCUT2D eigenvalue weighted by atomic mass is 10.2. The number of carbonyl (C=O) groups is 1. The van der Waals surface area contributed by atoms with Gasteiger partial charge in [-0.05, 0) is 48.9 Å². The van der Waals surface area contributed by atoms with Crippen LogP contribution in [-0.2, 0) is 6.54 Å². The Bertz CT molecular complexity index is 652. The van der Waals surface area contributed by atoms with Gasteiger partial charge in [0.05, 0.1) is 17.9 Å². The van der Waals surface area contributed by atoms with Gasteiger partial charge in [-0.25, -0.2) is 13.9 Å². The third kappa shape index (κ3) is 4.48. The molecule has 0 radical (unpaired) electrons. The second-order valence-electron chi connectivity index (χ2n) is 5.47. The van der Waals surface area contributed by atoms with Crippen LogP contribution in [0.5, 0.6) is 0 Å². The fourth-order valence-corrected chi connectivity index (χ4v) is 3.53. The third-order valence-electron chi connectivity index (χ3n) is 3.66. The van der Waals surface area contributed by atoms with Crippen molar-refractivity contribution in [1.82, 2.24) is 20.4 Å². The Balaban J connectivity index is 1.50. The van der Waals surface area contributed by atoms with E-state index in [1.54, 1.807) is 23.0 Å².